The van der Waals surface area contributed by atoms with Crippen LogP contribution in [-0.2, 0) is 21.6 Å². The summed E-state index contributed by atoms with van der Waals surface area (Å²) in [6.45, 7) is 0.280. The third kappa shape index (κ3) is 2.47. The minimum atomic E-state index is -1.14. The molecule has 1 N–H and O–H groups in total. The van der Waals surface area contributed by atoms with E-state index < -0.39 is 17.2 Å². The van der Waals surface area contributed by atoms with Crippen molar-refractivity contribution in [1.29, 1.82) is 0 Å². The standard InChI is InChI=1S/C14H16ClFO3/c1-19-8-9-6-10(12(16)11(15)7-9)14(13(17)18)4-2-3-5-14/h6-7H,2-5,8H2,1H3,(H,17,18). The lowest BCUT2D eigenvalue weighted by Crippen LogP contribution is -2.33. The van der Waals surface area contributed by atoms with Crippen molar-refractivity contribution in [2.45, 2.75) is 37.7 Å². The van der Waals surface area contributed by atoms with Gasteiger partial charge in [-0.25, -0.2) is 4.39 Å². The maximum Gasteiger partial charge on any atom is 0.314 e. The average molecular weight is 287 g/mol. The van der Waals surface area contributed by atoms with Crippen molar-refractivity contribution in [1.82, 2.24) is 0 Å². The predicted molar refractivity (Wildman–Crippen MR) is 69.9 cm³/mol. The molecule has 0 saturated heterocycles. The van der Waals surface area contributed by atoms with Crippen LogP contribution in [0, 0.1) is 5.82 Å². The van der Waals surface area contributed by atoms with Gasteiger partial charge in [0, 0.05) is 12.7 Å². The van der Waals surface area contributed by atoms with Crippen LogP contribution in [0.2, 0.25) is 5.02 Å². The van der Waals surface area contributed by atoms with Gasteiger partial charge in [0.1, 0.15) is 5.82 Å². The van der Waals surface area contributed by atoms with Crippen LogP contribution in [0.1, 0.15) is 36.8 Å². The molecular weight excluding hydrogens is 271 g/mol. The highest BCUT2D eigenvalue weighted by Crippen LogP contribution is 2.44. The second kappa shape index (κ2) is 5.47. The van der Waals surface area contributed by atoms with Crippen LogP contribution in [0.15, 0.2) is 12.1 Å². The molecule has 0 bridgehead atoms. The lowest BCUT2D eigenvalue weighted by atomic mass is 9.78. The van der Waals surface area contributed by atoms with Crippen LogP contribution >= 0.6 is 11.6 Å². The van der Waals surface area contributed by atoms with E-state index in [-0.39, 0.29) is 17.2 Å². The third-order valence-electron chi connectivity index (χ3n) is 3.78. The fourth-order valence-corrected chi connectivity index (χ4v) is 3.06. The van der Waals surface area contributed by atoms with Gasteiger partial charge in [0.2, 0.25) is 0 Å². The lowest BCUT2D eigenvalue weighted by molar-refractivity contribution is -0.143. The molecule has 0 radical (unpaired) electrons. The van der Waals surface area contributed by atoms with Gasteiger partial charge in [-0.1, -0.05) is 24.4 Å². The molecule has 3 nitrogen and oxygen atoms in total. The number of methoxy groups -OCH3 is 1. The van der Waals surface area contributed by atoms with Gasteiger partial charge in [-0.15, -0.1) is 0 Å². The van der Waals surface area contributed by atoms with Crippen LogP contribution in [-0.4, -0.2) is 18.2 Å². The number of carboxylic acid groups (broad SMARTS) is 1. The van der Waals surface area contributed by atoms with E-state index in [1.54, 1.807) is 6.07 Å². The van der Waals surface area contributed by atoms with Crippen molar-refractivity contribution in [3.05, 3.63) is 34.1 Å². The summed E-state index contributed by atoms with van der Waals surface area (Å²) in [6, 6.07) is 3.05. The Bertz CT molecular complexity index is 496. The molecule has 0 aliphatic heterocycles. The first-order chi connectivity index (χ1) is 9.01. The smallest absolute Gasteiger partial charge is 0.314 e. The number of hydrogen-bond acceptors (Lipinski definition) is 2. The molecule has 1 fully saturated rings. The van der Waals surface area contributed by atoms with Crippen molar-refractivity contribution in [3.63, 3.8) is 0 Å². The largest absolute Gasteiger partial charge is 0.481 e. The Hall–Kier alpha value is -1.13. The Kier molecular flexibility index (Phi) is 4.11. The number of carbonyl (C=O) groups is 1. The molecule has 1 aliphatic rings. The van der Waals surface area contributed by atoms with Gasteiger partial charge < -0.3 is 9.84 Å². The summed E-state index contributed by atoms with van der Waals surface area (Å²) >= 11 is 5.88. The molecule has 0 spiro atoms. The number of hydrogen-bond donors (Lipinski definition) is 1. The molecule has 1 saturated carbocycles. The monoisotopic (exact) mass is 286 g/mol. The third-order valence-corrected chi connectivity index (χ3v) is 4.06. The average Bonchev–Trinajstić information content (AvgIpc) is 2.84. The molecule has 0 atom stereocenters. The Balaban J connectivity index is 2.56. The number of carboxylic acids is 1. The molecule has 0 amide bonds. The van der Waals surface area contributed by atoms with Crippen molar-refractivity contribution in [2.24, 2.45) is 0 Å². The zero-order chi connectivity index (χ0) is 14.0. The van der Waals surface area contributed by atoms with E-state index in [0.29, 0.717) is 18.4 Å². The van der Waals surface area contributed by atoms with Gasteiger partial charge in [0.25, 0.3) is 0 Å². The minimum absolute atomic E-state index is 0.0444. The molecule has 0 aromatic heterocycles. The van der Waals surface area contributed by atoms with Gasteiger partial charge in [-0.2, -0.15) is 0 Å². The van der Waals surface area contributed by atoms with Gasteiger partial charge >= 0.3 is 5.97 Å². The SMILES string of the molecule is COCc1cc(Cl)c(F)c(C2(C(=O)O)CCCC2)c1. The fourth-order valence-electron chi connectivity index (χ4n) is 2.82. The van der Waals surface area contributed by atoms with E-state index in [9.17, 15) is 14.3 Å². The number of halogens is 2. The van der Waals surface area contributed by atoms with Crippen molar-refractivity contribution in [2.75, 3.05) is 7.11 Å². The molecule has 1 aromatic carbocycles. The first-order valence-corrected chi connectivity index (χ1v) is 6.60. The quantitative estimate of drug-likeness (QED) is 0.921. The molecule has 1 aliphatic carbocycles. The summed E-state index contributed by atoms with van der Waals surface area (Å²) in [5, 5.41) is 9.47. The summed E-state index contributed by atoms with van der Waals surface area (Å²) in [5.41, 5.74) is -0.259. The zero-order valence-corrected chi connectivity index (χ0v) is 11.5. The predicted octanol–water partition coefficient (Wildman–Crippen LogP) is 3.52. The van der Waals surface area contributed by atoms with Crippen molar-refractivity contribution >= 4 is 17.6 Å². The normalized spacial score (nSPS) is 17.6. The second-order valence-electron chi connectivity index (χ2n) is 4.97. The van der Waals surface area contributed by atoms with Crippen molar-refractivity contribution in [3.8, 4) is 0 Å². The summed E-state index contributed by atoms with van der Waals surface area (Å²) in [4.78, 5) is 11.6. The summed E-state index contributed by atoms with van der Waals surface area (Å²) < 4.78 is 19.2. The van der Waals surface area contributed by atoms with Crippen LogP contribution in [0.5, 0.6) is 0 Å². The van der Waals surface area contributed by atoms with Gasteiger partial charge in [0.05, 0.1) is 17.0 Å². The van der Waals surface area contributed by atoms with E-state index >= 15 is 0 Å². The van der Waals surface area contributed by atoms with E-state index in [2.05, 4.69) is 0 Å². The number of ether oxygens (including phenoxy) is 1. The lowest BCUT2D eigenvalue weighted by Gasteiger charge is -2.26. The van der Waals surface area contributed by atoms with Gasteiger partial charge in [-0.3, -0.25) is 4.79 Å². The summed E-state index contributed by atoms with van der Waals surface area (Å²) in [7, 11) is 1.53. The van der Waals surface area contributed by atoms with Crippen LogP contribution in [0.25, 0.3) is 0 Å². The zero-order valence-electron chi connectivity index (χ0n) is 10.7. The van der Waals surface area contributed by atoms with E-state index in [0.717, 1.165) is 12.8 Å². The van der Waals surface area contributed by atoms with E-state index in [4.69, 9.17) is 16.3 Å². The summed E-state index contributed by atoms with van der Waals surface area (Å²) in [6.07, 6.45) is 2.48. The minimum Gasteiger partial charge on any atom is -0.481 e. The van der Waals surface area contributed by atoms with Crippen LogP contribution < -0.4 is 0 Å². The fraction of sp³-hybridized carbons (Fsp3) is 0.500. The second-order valence-corrected chi connectivity index (χ2v) is 5.37. The Morgan fingerprint density at radius 2 is 2.11 bits per heavy atom. The highest BCUT2D eigenvalue weighted by molar-refractivity contribution is 6.30. The van der Waals surface area contributed by atoms with Gasteiger partial charge in [-0.05, 0) is 30.5 Å². The van der Waals surface area contributed by atoms with Crippen LogP contribution in [0.4, 0.5) is 4.39 Å². The maximum absolute atomic E-state index is 14.2. The molecule has 5 heteroatoms. The first-order valence-electron chi connectivity index (χ1n) is 6.22. The molecule has 19 heavy (non-hydrogen) atoms. The summed E-state index contributed by atoms with van der Waals surface area (Å²) in [5.74, 6) is -1.60. The highest BCUT2D eigenvalue weighted by Gasteiger charge is 2.45. The van der Waals surface area contributed by atoms with Crippen molar-refractivity contribution < 1.29 is 19.0 Å². The molecule has 0 heterocycles. The maximum atomic E-state index is 14.2. The molecular formula is C14H16ClFO3. The highest BCUT2D eigenvalue weighted by atomic mass is 35.5. The Morgan fingerprint density at radius 1 is 1.47 bits per heavy atom. The molecule has 2 rings (SSSR count). The molecule has 1 aromatic rings. The van der Waals surface area contributed by atoms with E-state index in [1.807, 2.05) is 0 Å². The number of benzene rings is 1. The first kappa shape index (κ1) is 14.3. The van der Waals surface area contributed by atoms with Crippen LogP contribution in [0.3, 0.4) is 0 Å². The Labute approximate surface area is 116 Å². The number of aliphatic carboxylic acids is 1. The topological polar surface area (TPSA) is 46.5 Å². The Morgan fingerprint density at radius 3 is 2.63 bits per heavy atom. The molecule has 104 valence electrons. The number of rotatable bonds is 4. The van der Waals surface area contributed by atoms with Gasteiger partial charge in [0.15, 0.2) is 0 Å². The van der Waals surface area contributed by atoms with E-state index in [1.165, 1.54) is 13.2 Å². The molecule has 0 unspecified atom stereocenters.